The molecule has 4 heterocycles. The second-order valence-corrected chi connectivity index (χ2v) is 9.56. The Morgan fingerprint density at radius 1 is 1.10 bits per heavy atom. The van der Waals surface area contributed by atoms with Crippen molar-refractivity contribution in [2.45, 2.75) is 30.7 Å². The van der Waals surface area contributed by atoms with Crippen molar-refractivity contribution in [2.75, 3.05) is 31.9 Å². The Morgan fingerprint density at radius 2 is 1.90 bits per heavy atom. The summed E-state index contributed by atoms with van der Waals surface area (Å²) in [5, 5.41) is 2.07. The zero-order valence-electron chi connectivity index (χ0n) is 16.5. The lowest BCUT2D eigenvalue weighted by atomic mass is 9.97. The lowest BCUT2D eigenvalue weighted by Crippen LogP contribution is -2.51. The summed E-state index contributed by atoms with van der Waals surface area (Å²) >= 11 is 3.28. The van der Waals surface area contributed by atoms with E-state index in [1.54, 1.807) is 34.7 Å². The molecule has 0 bridgehead atoms. The molecule has 5 rings (SSSR count). The van der Waals surface area contributed by atoms with E-state index in [0.29, 0.717) is 37.7 Å². The van der Waals surface area contributed by atoms with Gasteiger partial charge in [0, 0.05) is 36.4 Å². The second-order valence-electron chi connectivity index (χ2n) is 7.51. The molecule has 2 amide bonds. The Bertz CT molecular complexity index is 1070. The number of carbonyl (C=O) groups is 2. The van der Waals surface area contributed by atoms with E-state index in [0.717, 1.165) is 28.1 Å². The molecule has 0 N–H and O–H groups in total. The molecule has 3 aromatic rings. The number of carbonyl (C=O) groups excluding carboxylic acids is 2. The molecule has 0 atom stereocenters. The molecule has 1 aliphatic carbocycles. The fourth-order valence-electron chi connectivity index (χ4n) is 4.11. The van der Waals surface area contributed by atoms with Crippen molar-refractivity contribution in [1.29, 1.82) is 0 Å². The van der Waals surface area contributed by atoms with Crippen molar-refractivity contribution < 1.29 is 14.0 Å². The number of fused-ring (bicyclic) bond motifs is 3. The predicted molar refractivity (Wildman–Crippen MR) is 116 cm³/mol. The average molecular weight is 443 g/mol. The van der Waals surface area contributed by atoms with Crippen LogP contribution in [0.15, 0.2) is 34.2 Å². The highest BCUT2D eigenvalue weighted by atomic mass is 32.2. The summed E-state index contributed by atoms with van der Waals surface area (Å²) in [4.78, 5) is 40.2. The third-order valence-corrected chi connectivity index (χ3v) is 7.87. The largest absolute Gasteiger partial charge is 0.459 e. The van der Waals surface area contributed by atoms with E-state index < -0.39 is 0 Å². The van der Waals surface area contributed by atoms with Crippen LogP contribution in [-0.2, 0) is 17.6 Å². The molecule has 0 radical (unpaired) electrons. The Kier molecular flexibility index (Phi) is 5.47. The number of rotatable bonds is 4. The van der Waals surface area contributed by atoms with Gasteiger partial charge in [-0.25, -0.2) is 9.97 Å². The molecule has 3 aromatic heterocycles. The number of hydrogen-bond acceptors (Lipinski definition) is 7. The van der Waals surface area contributed by atoms with Crippen LogP contribution in [0.5, 0.6) is 0 Å². The topological polar surface area (TPSA) is 79.5 Å². The van der Waals surface area contributed by atoms with Crippen molar-refractivity contribution >= 4 is 45.1 Å². The number of amides is 2. The quantitative estimate of drug-likeness (QED) is 0.456. The standard InChI is InChI=1S/C21H22N4O3S2/c26-17(24-7-9-25(10-8-24)21(27)15-5-3-11-28-15)12-29-19-18-14-4-1-2-6-16(14)30-20(18)23-13-22-19/h3,5,11,13H,1-2,4,6-10,12H2. The van der Waals surface area contributed by atoms with Gasteiger partial charge in [0.05, 0.1) is 12.0 Å². The first-order valence-corrected chi connectivity index (χ1v) is 12.0. The zero-order valence-corrected chi connectivity index (χ0v) is 18.1. The van der Waals surface area contributed by atoms with Gasteiger partial charge < -0.3 is 14.2 Å². The predicted octanol–water partition coefficient (Wildman–Crippen LogP) is 3.24. The molecule has 0 saturated carbocycles. The molecule has 0 spiro atoms. The minimum absolute atomic E-state index is 0.0842. The van der Waals surface area contributed by atoms with Gasteiger partial charge in [0.15, 0.2) is 5.76 Å². The highest BCUT2D eigenvalue weighted by Crippen LogP contribution is 2.39. The monoisotopic (exact) mass is 442 g/mol. The van der Waals surface area contributed by atoms with Gasteiger partial charge in [-0.05, 0) is 43.4 Å². The molecule has 156 valence electrons. The summed E-state index contributed by atoms with van der Waals surface area (Å²) in [6.07, 6.45) is 7.76. The van der Waals surface area contributed by atoms with Crippen LogP contribution in [0.25, 0.3) is 10.2 Å². The number of thiophene rings is 1. The number of piperazine rings is 1. The van der Waals surface area contributed by atoms with Gasteiger partial charge in [-0.1, -0.05) is 11.8 Å². The van der Waals surface area contributed by atoms with Crippen LogP contribution in [0.2, 0.25) is 0 Å². The summed E-state index contributed by atoms with van der Waals surface area (Å²) in [5.74, 6) is 0.660. The van der Waals surface area contributed by atoms with Crippen molar-refractivity contribution in [3.05, 3.63) is 40.9 Å². The fourth-order valence-corrected chi connectivity index (χ4v) is 6.33. The first-order valence-electron chi connectivity index (χ1n) is 10.2. The lowest BCUT2D eigenvalue weighted by Gasteiger charge is -2.34. The Labute approximate surface area is 182 Å². The molecule has 9 heteroatoms. The molecule has 30 heavy (non-hydrogen) atoms. The number of thioether (sulfide) groups is 1. The van der Waals surface area contributed by atoms with Crippen LogP contribution in [0.3, 0.4) is 0 Å². The number of nitrogens with zero attached hydrogens (tertiary/aromatic N) is 4. The molecule has 1 saturated heterocycles. The van der Waals surface area contributed by atoms with E-state index in [1.165, 1.54) is 41.3 Å². The summed E-state index contributed by atoms with van der Waals surface area (Å²) in [7, 11) is 0. The van der Waals surface area contributed by atoms with Crippen LogP contribution in [0.1, 0.15) is 33.8 Å². The maximum Gasteiger partial charge on any atom is 0.289 e. The van der Waals surface area contributed by atoms with Crippen molar-refractivity contribution in [3.8, 4) is 0 Å². The smallest absolute Gasteiger partial charge is 0.289 e. The third-order valence-electron chi connectivity index (χ3n) is 5.70. The van der Waals surface area contributed by atoms with Gasteiger partial charge in [-0.2, -0.15) is 0 Å². The summed E-state index contributed by atoms with van der Waals surface area (Å²) in [6.45, 7) is 2.12. The highest BCUT2D eigenvalue weighted by molar-refractivity contribution is 8.00. The average Bonchev–Trinajstić information content (AvgIpc) is 3.45. The first-order chi connectivity index (χ1) is 14.7. The number of aromatic nitrogens is 2. The minimum Gasteiger partial charge on any atom is -0.459 e. The molecule has 0 aromatic carbocycles. The van der Waals surface area contributed by atoms with E-state index in [2.05, 4.69) is 9.97 Å². The van der Waals surface area contributed by atoms with Crippen LogP contribution < -0.4 is 0 Å². The summed E-state index contributed by atoms with van der Waals surface area (Å²) < 4.78 is 5.19. The Morgan fingerprint density at radius 3 is 2.70 bits per heavy atom. The van der Waals surface area contributed by atoms with Crippen LogP contribution >= 0.6 is 23.1 Å². The van der Waals surface area contributed by atoms with E-state index in [-0.39, 0.29) is 11.8 Å². The van der Waals surface area contributed by atoms with Gasteiger partial charge in [0.2, 0.25) is 5.91 Å². The molecular formula is C21H22N4O3S2. The lowest BCUT2D eigenvalue weighted by molar-refractivity contribution is -0.129. The van der Waals surface area contributed by atoms with Gasteiger partial charge in [0.1, 0.15) is 16.2 Å². The Balaban J connectivity index is 1.21. The second kappa shape index (κ2) is 8.39. The van der Waals surface area contributed by atoms with Gasteiger partial charge in [-0.15, -0.1) is 11.3 Å². The van der Waals surface area contributed by atoms with Gasteiger partial charge in [-0.3, -0.25) is 9.59 Å². The van der Waals surface area contributed by atoms with Crippen LogP contribution in [0.4, 0.5) is 0 Å². The number of furan rings is 1. The highest BCUT2D eigenvalue weighted by Gasteiger charge is 2.26. The molecule has 2 aliphatic rings. The van der Waals surface area contributed by atoms with Gasteiger partial charge >= 0.3 is 0 Å². The van der Waals surface area contributed by atoms with Crippen LogP contribution in [0, 0.1) is 0 Å². The normalized spacial score (nSPS) is 16.7. The molecule has 1 fully saturated rings. The molecule has 7 nitrogen and oxygen atoms in total. The Hall–Kier alpha value is -2.39. The van der Waals surface area contributed by atoms with Crippen molar-refractivity contribution in [3.63, 3.8) is 0 Å². The maximum atomic E-state index is 12.8. The van der Waals surface area contributed by atoms with Gasteiger partial charge in [0.25, 0.3) is 5.91 Å². The third kappa shape index (κ3) is 3.72. The number of hydrogen-bond donors (Lipinski definition) is 0. The number of aryl methyl sites for hydroxylation is 2. The van der Waals surface area contributed by atoms with E-state index >= 15 is 0 Å². The van der Waals surface area contributed by atoms with E-state index in [1.807, 2.05) is 4.90 Å². The van der Waals surface area contributed by atoms with E-state index in [9.17, 15) is 9.59 Å². The fraction of sp³-hybridized carbons (Fsp3) is 0.429. The molecule has 1 aliphatic heterocycles. The maximum absolute atomic E-state index is 12.8. The van der Waals surface area contributed by atoms with Crippen LogP contribution in [-0.4, -0.2) is 63.5 Å². The summed E-state index contributed by atoms with van der Waals surface area (Å²) in [5.41, 5.74) is 1.39. The SMILES string of the molecule is O=C(CSc1ncnc2sc3c(c12)CCCC3)N1CCN(C(=O)c2ccco2)CC1. The molecule has 0 unspecified atom stereocenters. The van der Waals surface area contributed by atoms with Crippen molar-refractivity contribution in [2.24, 2.45) is 0 Å². The summed E-state index contributed by atoms with van der Waals surface area (Å²) in [6, 6.07) is 3.38. The van der Waals surface area contributed by atoms with E-state index in [4.69, 9.17) is 4.42 Å². The zero-order chi connectivity index (χ0) is 20.5. The minimum atomic E-state index is -0.118. The van der Waals surface area contributed by atoms with Crippen molar-refractivity contribution in [1.82, 2.24) is 19.8 Å². The molecular weight excluding hydrogens is 420 g/mol. The first kappa shape index (κ1) is 19.6.